The zero-order valence-electron chi connectivity index (χ0n) is 29.4. The summed E-state index contributed by atoms with van der Waals surface area (Å²) in [6.45, 7) is 17.3. The van der Waals surface area contributed by atoms with Crippen LogP contribution in [0.4, 0.5) is 0 Å². The highest BCUT2D eigenvalue weighted by atomic mass is 16.5. The Morgan fingerprint density at radius 3 is 2.00 bits per heavy atom. The highest BCUT2D eigenvalue weighted by Gasteiger charge is 2.68. The summed E-state index contributed by atoms with van der Waals surface area (Å²) in [5.74, 6) is -0.888. The molecule has 4 aliphatic carbocycles. The summed E-state index contributed by atoms with van der Waals surface area (Å²) in [5.41, 5.74) is 1.92. The summed E-state index contributed by atoms with van der Waals surface area (Å²) in [6, 6.07) is 3.96. The molecule has 0 saturated heterocycles. The molecule has 252 valence electrons. The Morgan fingerprint density at radius 1 is 0.804 bits per heavy atom. The van der Waals surface area contributed by atoms with Gasteiger partial charge in [-0.2, -0.15) is 0 Å². The molecule has 3 saturated carbocycles. The maximum atomic E-state index is 14.8. The fourth-order valence-corrected chi connectivity index (χ4v) is 11.4. The van der Waals surface area contributed by atoms with Crippen molar-refractivity contribution in [2.45, 2.75) is 137 Å². The number of allylic oxidation sites excluding steroid dienone is 1. The Kier molecular flexibility index (Phi) is 8.45. The molecule has 2 aromatic heterocycles. The van der Waals surface area contributed by atoms with Crippen molar-refractivity contribution >= 4 is 11.6 Å². The maximum Gasteiger partial charge on any atom is 0.170 e. The molecule has 0 bridgehead atoms. The number of aliphatic hydroxyl groups is 1. The minimum atomic E-state index is -1.16. The molecule has 6 nitrogen and oxygen atoms in total. The average molecular weight is 633 g/mol. The van der Waals surface area contributed by atoms with E-state index in [9.17, 15) is 14.7 Å². The van der Waals surface area contributed by atoms with Crippen LogP contribution in [0.15, 0.2) is 57.2 Å². The first-order valence-electron chi connectivity index (χ1n) is 17.7. The van der Waals surface area contributed by atoms with Crippen molar-refractivity contribution in [1.82, 2.24) is 0 Å². The standard InChI is InChI=1S/C40H56O6/c1-25-29(12-11-27-14-21-44-23-27)38(7)18-9-16-36(3,4)34(38)30(41)32(25)46-33-26(2)40(43,20-13-28-15-22-45-24-28)39(8)19-10-17-37(5,6)35(39)31(33)42/h14-15,21-24,26,32-35,43H,9-13,16-20H2,1-8H3/t26-,32+,33-,34+,35+,38-,39+,40-/m1/s1. The summed E-state index contributed by atoms with van der Waals surface area (Å²) >= 11 is 0. The first-order valence-corrected chi connectivity index (χ1v) is 17.7. The number of aryl methyl sites for hydroxylation is 2. The number of hydrogen-bond acceptors (Lipinski definition) is 6. The van der Waals surface area contributed by atoms with Crippen molar-refractivity contribution in [1.29, 1.82) is 0 Å². The molecule has 0 aromatic carbocycles. The summed E-state index contributed by atoms with van der Waals surface area (Å²) in [6.07, 6.45) is 13.8. The lowest BCUT2D eigenvalue weighted by Crippen LogP contribution is -2.70. The molecule has 0 spiro atoms. The van der Waals surface area contributed by atoms with Crippen LogP contribution in [0.1, 0.15) is 118 Å². The first kappa shape index (κ1) is 33.5. The molecule has 6 rings (SSSR count). The molecule has 0 unspecified atom stereocenters. The molecule has 4 aliphatic rings. The third-order valence-corrected chi connectivity index (χ3v) is 13.6. The number of Topliss-reactive ketones (excluding diaryl/α,β-unsaturated/α-hetero) is 2. The van der Waals surface area contributed by atoms with E-state index in [0.717, 1.165) is 68.1 Å². The normalized spacial score (nSPS) is 38.8. The van der Waals surface area contributed by atoms with Gasteiger partial charge in [0.2, 0.25) is 0 Å². The largest absolute Gasteiger partial charge is 0.472 e. The van der Waals surface area contributed by atoms with Crippen LogP contribution in [0.2, 0.25) is 0 Å². The van der Waals surface area contributed by atoms with Gasteiger partial charge < -0.3 is 18.7 Å². The Balaban J connectivity index is 1.41. The van der Waals surface area contributed by atoms with E-state index >= 15 is 0 Å². The van der Waals surface area contributed by atoms with Gasteiger partial charge in [-0.3, -0.25) is 9.59 Å². The minimum Gasteiger partial charge on any atom is -0.472 e. The van der Waals surface area contributed by atoms with Crippen molar-refractivity contribution in [3.8, 4) is 0 Å². The molecule has 0 amide bonds. The number of ketones is 2. The zero-order valence-corrected chi connectivity index (χ0v) is 29.4. The SMILES string of the molecule is CC1=C(CCc2ccoc2)[C@@]2(C)CCCC(C)(C)[C@@H]2C(=O)[C@H]1O[C@H]1C(=O)[C@H]2C(C)(C)CCC[C@]2(C)[C@@](O)(CCc2ccoc2)[C@@H]1C. The van der Waals surface area contributed by atoms with E-state index in [-0.39, 0.29) is 39.6 Å². The summed E-state index contributed by atoms with van der Waals surface area (Å²) in [7, 11) is 0. The van der Waals surface area contributed by atoms with Crippen LogP contribution in [0.5, 0.6) is 0 Å². The monoisotopic (exact) mass is 632 g/mol. The van der Waals surface area contributed by atoms with Gasteiger partial charge in [0.1, 0.15) is 12.2 Å². The van der Waals surface area contributed by atoms with Crippen LogP contribution in [0.25, 0.3) is 0 Å². The molecule has 2 heterocycles. The van der Waals surface area contributed by atoms with E-state index in [1.165, 1.54) is 5.57 Å². The van der Waals surface area contributed by atoms with Crippen LogP contribution in [0, 0.1) is 39.4 Å². The van der Waals surface area contributed by atoms with E-state index in [1.54, 1.807) is 25.1 Å². The molecule has 46 heavy (non-hydrogen) atoms. The number of ether oxygens (including phenoxy) is 1. The van der Waals surface area contributed by atoms with Gasteiger partial charge in [0, 0.05) is 23.2 Å². The molecule has 6 heteroatoms. The predicted octanol–water partition coefficient (Wildman–Crippen LogP) is 8.71. The van der Waals surface area contributed by atoms with Gasteiger partial charge in [-0.15, -0.1) is 0 Å². The number of rotatable bonds is 8. The van der Waals surface area contributed by atoms with Gasteiger partial charge in [-0.05, 0) is 103 Å². The average Bonchev–Trinajstić information content (AvgIpc) is 3.68. The number of furan rings is 2. The Bertz CT molecular complexity index is 1460. The minimum absolute atomic E-state index is 0.0597. The van der Waals surface area contributed by atoms with Crippen molar-refractivity contribution in [3.05, 3.63) is 59.5 Å². The Morgan fingerprint density at radius 2 is 1.39 bits per heavy atom. The van der Waals surface area contributed by atoms with Crippen molar-refractivity contribution in [3.63, 3.8) is 0 Å². The van der Waals surface area contributed by atoms with Crippen LogP contribution in [0.3, 0.4) is 0 Å². The third kappa shape index (κ3) is 5.12. The Labute approximate surface area is 275 Å². The summed E-state index contributed by atoms with van der Waals surface area (Å²) < 4.78 is 17.7. The fraction of sp³-hybridized carbons (Fsp3) is 0.700. The van der Waals surface area contributed by atoms with E-state index < -0.39 is 29.1 Å². The maximum absolute atomic E-state index is 14.8. The highest BCUT2D eigenvalue weighted by molar-refractivity contribution is 5.93. The van der Waals surface area contributed by atoms with Crippen LogP contribution in [-0.4, -0.2) is 34.5 Å². The van der Waals surface area contributed by atoms with Gasteiger partial charge in [-0.25, -0.2) is 0 Å². The molecular formula is C40H56O6. The molecule has 0 radical (unpaired) electrons. The number of carbonyl (C=O) groups is 2. The summed E-state index contributed by atoms with van der Waals surface area (Å²) in [4.78, 5) is 29.7. The van der Waals surface area contributed by atoms with Crippen molar-refractivity contribution in [2.24, 2.45) is 39.4 Å². The molecule has 0 aliphatic heterocycles. The fourth-order valence-electron chi connectivity index (χ4n) is 11.4. The molecule has 3 fully saturated rings. The van der Waals surface area contributed by atoms with Crippen LogP contribution < -0.4 is 0 Å². The third-order valence-electron chi connectivity index (χ3n) is 13.6. The quantitative estimate of drug-likeness (QED) is 0.293. The van der Waals surface area contributed by atoms with Crippen LogP contribution in [-0.2, 0) is 27.2 Å². The van der Waals surface area contributed by atoms with E-state index in [1.807, 2.05) is 19.1 Å². The second-order valence-corrected chi connectivity index (χ2v) is 17.3. The van der Waals surface area contributed by atoms with Gasteiger partial charge in [-0.1, -0.05) is 66.9 Å². The lowest BCUT2D eigenvalue weighted by atomic mass is 9.43. The van der Waals surface area contributed by atoms with E-state index in [4.69, 9.17) is 13.6 Å². The zero-order chi connectivity index (χ0) is 33.3. The lowest BCUT2D eigenvalue weighted by Gasteiger charge is -2.63. The van der Waals surface area contributed by atoms with Gasteiger partial charge >= 0.3 is 0 Å². The molecule has 8 atom stereocenters. The molecular weight excluding hydrogens is 576 g/mol. The number of fused-ring (bicyclic) bond motifs is 2. The smallest absolute Gasteiger partial charge is 0.170 e. The number of carbonyl (C=O) groups excluding carboxylic acids is 2. The van der Waals surface area contributed by atoms with E-state index in [2.05, 4.69) is 48.5 Å². The highest BCUT2D eigenvalue weighted by Crippen LogP contribution is 2.64. The second-order valence-electron chi connectivity index (χ2n) is 17.3. The number of hydrogen-bond donors (Lipinski definition) is 1. The Hall–Kier alpha value is -2.44. The lowest BCUT2D eigenvalue weighted by molar-refractivity contribution is -0.238. The first-order chi connectivity index (χ1) is 21.6. The second kappa shape index (κ2) is 11.6. The van der Waals surface area contributed by atoms with Gasteiger partial charge in [0.15, 0.2) is 11.6 Å². The van der Waals surface area contributed by atoms with Crippen molar-refractivity contribution in [2.75, 3.05) is 0 Å². The van der Waals surface area contributed by atoms with Gasteiger partial charge in [0.05, 0.1) is 30.7 Å². The van der Waals surface area contributed by atoms with Crippen LogP contribution >= 0.6 is 0 Å². The topological polar surface area (TPSA) is 89.9 Å². The molecule has 1 N–H and O–H groups in total. The van der Waals surface area contributed by atoms with Crippen molar-refractivity contribution < 1.29 is 28.3 Å². The predicted molar refractivity (Wildman–Crippen MR) is 178 cm³/mol. The van der Waals surface area contributed by atoms with Gasteiger partial charge in [0.25, 0.3) is 0 Å². The van der Waals surface area contributed by atoms with E-state index in [0.29, 0.717) is 12.8 Å². The summed E-state index contributed by atoms with van der Waals surface area (Å²) in [5, 5.41) is 13.0. The molecule has 2 aromatic rings.